The van der Waals surface area contributed by atoms with Crippen molar-refractivity contribution in [1.29, 1.82) is 0 Å². The summed E-state index contributed by atoms with van der Waals surface area (Å²) >= 11 is 0. The van der Waals surface area contributed by atoms with Crippen LogP contribution in [0, 0.1) is 12.8 Å². The van der Waals surface area contributed by atoms with Crippen molar-refractivity contribution in [3.05, 3.63) is 71.7 Å². The minimum Gasteiger partial charge on any atom is -0.376 e. The highest BCUT2D eigenvalue weighted by Gasteiger charge is 2.24. The van der Waals surface area contributed by atoms with E-state index in [2.05, 4.69) is 75.3 Å². The van der Waals surface area contributed by atoms with Gasteiger partial charge in [-0.15, -0.1) is 24.0 Å². The van der Waals surface area contributed by atoms with Crippen molar-refractivity contribution in [3.63, 3.8) is 0 Å². The van der Waals surface area contributed by atoms with E-state index in [4.69, 9.17) is 9.72 Å². The topological polar surface area (TPSA) is 54.2 Å². The average molecular weight is 533 g/mol. The predicted octanol–water partition coefficient (Wildman–Crippen LogP) is 3.92. The van der Waals surface area contributed by atoms with Gasteiger partial charge in [0.2, 0.25) is 0 Å². The summed E-state index contributed by atoms with van der Waals surface area (Å²) in [7, 11) is 1.86. The fourth-order valence-corrected chi connectivity index (χ4v) is 4.04. The van der Waals surface area contributed by atoms with E-state index in [1.807, 2.05) is 13.1 Å². The number of hydrogen-bond donors (Lipinski definition) is 1. The minimum atomic E-state index is 0. The second kappa shape index (κ2) is 11.5. The first-order valence-corrected chi connectivity index (χ1v) is 10.7. The molecule has 1 N–H and O–H groups in total. The van der Waals surface area contributed by atoms with Gasteiger partial charge in [-0.05, 0) is 30.5 Å². The number of fused-ring (bicyclic) bond motifs is 1. The van der Waals surface area contributed by atoms with Crippen LogP contribution in [0.1, 0.15) is 23.2 Å². The van der Waals surface area contributed by atoms with Gasteiger partial charge in [0.25, 0.3) is 0 Å². The third-order valence-electron chi connectivity index (χ3n) is 5.65. The van der Waals surface area contributed by atoms with Gasteiger partial charge in [0.1, 0.15) is 5.65 Å². The Hall–Kier alpha value is -2.13. The van der Waals surface area contributed by atoms with Crippen LogP contribution in [0.5, 0.6) is 0 Å². The summed E-state index contributed by atoms with van der Waals surface area (Å²) in [5.74, 6) is 1.52. The highest BCUT2D eigenvalue weighted by Crippen LogP contribution is 2.17. The maximum absolute atomic E-state index is 5.95. The van der Waals surface area contributed by atoms with Crippen molar-refractivity contribution in [1.82, 2.24) is 19.6 Å². The molecule has 0 saturated carbocycles. The molecule has 1 aromatic carbocycles. The Morgan fingerprint density at radius 1 is 1.23 bits per heavy atom. The monoisotopic (exact) mass is 533 g/mol. The first-order chi connectivity index (χ1) is 14.7. The van der Waals surface area contributed by atoms with E-state index in [0.29, 0.717) is 12.5 Å². The lowest BCUT2D eigenvalue weighted by molar-refractivity contribution is 0.0907. The Kier molecular flexibility index (Phi) is 8.71. The van der Waals surface area contributed by atoms with E-state index in [1.54, 1.807) is 0 Å². The number of hydrogen-bond acceptors (Lipinski definition) is 3. The molecule has 4 rings (SSSR count). The van der Waals surface area contributed by atoms with Crippen LogP contribution in [0.2, 0.25) is 0 Å². The second-order valence-electron chi connectivity index (χ2n) is 7.98. The van der Waals surface area contributed by atoms with E-state index >= 15 is 0 Å². The number of nitrogens with zero attached hydrogens (tertiary/aromatic N) is 4. The Labute approximate surface area is 201 Å². The summed E-state index contributed by atoms with van der Waals surface area (Å²) in [6.07, 6.45) is 6.18. The van der Waals surface area contributed by atoms with Crippen molar-refractivity contribution in [3.8, 4) is 0 Å². The van der Waals surface area contributed by atoms with Crippen LogP contribution in [0.4, 0.5) is 0 Å². The Bertz CT molecular complexity index is 988. The van der Waals surface area contributed by atoms with Crippen LogP contribution in [-0.4, -0.2) is 53.5 Å². The van der Waals surface area contributed by atoms with E-state index < -0.39 is 0 Å². The quantitative estimate of drug-likeness (QED) is 0.284. The predicted molar refractivity (Wildman–Crippen MR) is 136 cm³/mol. The van der Waals surface area contributed by atoms with Crippen LogP contribution >= 0.6 is 24.0 Å². The third kappa shape index (κ3) is 6.20. The van der Waals surface area contributed by atoms with Gasteiger partial charge in [0.05, 0.1) is 18.9 Å². The molecular formula is C24H32IN5O. The van der Waals surface area contributed by atoms with E-state index in [9.17, 15) is 0 Å². The van der Waals surface area contributed by atoms with Crippen LogP contribution in [-0.2, 0) is 17.8 Å². The summed E-state index contributed by atoms with van der Waals surface area (Å²) < 4.78 is 8.04. The summed E-state index contributed by atoms with van der Waals surface area (Å²) in [6, 6.07) is 14.5. The standard InChI is InChI=1S/C24H31N5O.HI/c1-19-7-6-13-28-16-22(27-23(19)28)10-12-26-24(25-2)29-14-11-21(15-29)18-30-17-20-8-4-3-5-9-20;/h3-9,13,16,21H,10-12,14-15,17-18H2,1-2H3,(H,25,26);1H. The molecule has 1 saturated heterocycles. The Balaban J connectivity index is 0.00000272. The summed E-state index contributed by atoms with van der Waals surface area (Å²) in [5, 5.41) is 3.51. The molecule has 0 bridgehead atoms. The number of imidazole rings is 1. The van der Waals surface area contributed by atoms with Crippen LogP contribution in [0.15, 0.2) is 59.9 Å². The molecule has 3 aromatic rings. The smallest absolute Gasteiger partial charge is 0.193 e. The molecule has 6 nitrogen and oxygen atoms in total. The Morgan fingerprint density at radius 3 is 2.84 bits per heavy atom. The Morgan fingerprint density at radius 2 is 2.06 bits per heavy atom. The van der Waals surface area contributed by atoms with Gasteiger partial charge < -0.3 is 19.4 Å². The van der Waals surface area contributed by atoms with Gasteiger partial charge in [0.15, 0.2) is 5.96 Å². The van der Waals surface area contributed by atoms with Crippen LogP contribution < -0.4 is 5.32 Å². The first-order valence-electron chi connectivity index (χ1n) is 10.7. The van der Waals surface area contributed by atoms with Crippen molar-refractivity contribution < 1.29 is 4.74 Å². The lowest BCUT2D eigenvalue weighted by Crippen LogP contribution is -2.41. The lowest BCUT2D eigenvalue weighted by Gasteiger charge is -2.21. The molecule has 0 spiro atoms. The van der Waals surface area contributed by atoms with Gasteiger partial charge in [-0.2, -0.15) is 0 Å². The number of ether oxygens (including phenoxy) is 1. The number of rotatable bonds is 7. The van der Waals surface area contributed by atoms with E-state index in [0.717, 1.165) is 56.4 Å². The van der Waals surface area contributed by atoms with Gasteiger partial charge in [0, 0.05) is 51.4 Å². The van der Waals surface area contributed by atoms with E-state index in [1.165, 1.54) is 11.1 Å². The molecule has 166 valence electrons. The fraction of sp³-hybridized carbons (Fsp3) is 0.417. The van der Waals surface area contributed by atoms with E-state index in [-0.39, 0.29) is 24.0 Å². The highest BCUT2D eigenvalue weighted by molar-refractivity contribution is 14.0. The number of halogens is 1. The normalized spacial score (nSPS) is 16.5. The average Bonchev–Trinajstić information content (AvgIpc) is 3.40. The van der Waals surface area contributed by atoms with Crippen molar-refractivity contribution in [2.24, 2.45) is 10.9 Å². The zero-order valence-corrected chi connectivity index (χ0v) is 20.7. The molecule has 31 heavy (non-hydrogen) atoms. The third-order valence-corrected chi connectivity index (χ3v) is 5.65. The lowest BCUT2D eigenvalue weighted by atomic mass is 10.1. The molecule has 1 fully saturated rings. The molecule has 1 aliphatic heterocycles. The molecule has 3 heterocycles. The van der Waals surface area contributed by atoms with Gasteiger partial charge in [-0.25, -0.2) is 4.98 Å². The van der Waals surface area contributed by atoms with Crippen molar-refractivity contribution in [2.45, 2.75) is 26.4 Å². The number of aliphatic imine (C=N–C) groups is 1. The molecule has 1 aliphatic rings. The second-order valence-corrected chi connectivity index (χ2v) is 7.98. The largest absolute Gasteiger partial charge is 0.376 e. The summed E-state index contributed by atoms with van der Waals surface area (Å²) in [4.78, 5) is 11.6. The number of guanidine groups is 1. The van der Waals surface area contributed by atoms with Crippen molar-refractivity contribution in [2.75, 3.05) is 33.3 Å². The molecular weight excluding hydrogens is 501 g/mol. The zero-order chi connectivity index (χ0) is 20.8. The van der Waals surface area contributed by atoms with Gasteiger partial charge in [-0.1, -0.05) is 36.4 Å². The molecule has 7 heteroatoms. The summed E-state index contributed by atoms with van der Waals surface area (Å²) in [5.41, 5.74) is 4.56. The number of likely N-dealkylation sites (tertiary alicyclic amines) is 1. The number of benzene rings is 1. The molecule has 1 atom stereocenters. The van der Waals surface area contributed by atoms with Crippen LogP contribution in [0.25, 0.3) is 5.65 Å². The number of aryl methyl sites for hydroxylation is 1. The highest BCUT2D eigenvalue weighted by atomic mass is 127. The molecule has 1 unspecified atom stereocenters. The number of aromatic nitrogens is 2. The number of pyridine rings is 1. The summed E-state index contributed by atoms with van der Waals surface area (Å²) in [6.45, 7) is 6.40. The fourth-order valence-electron chi connectivity index (χ4n) is 4.04. The van der Waals surface area contributed by atoms with Gasteiger partial charge >= 0.3 is 0 Å². The van der Waals surface area contributed by atoms with Gasteiger partial charge in [-0.3, -0.25) is 4.99 Å². The molecule has 0 aliphatic carbocycles. The molecule has 0 radical (unpaired) electrons. The zero-order valence-electron chi connectivity index (χ0n) is 18.3. The van der Waals surface area contributed by atoms with Crippen LogP contribution in [0.3, 0.4) is 0 Å². The maximum Gasteiger partial charge on any atom is 0.193 e. The SMILES string of the molecule is CN=C(NCCc1cn2cccc(C)c2n1)N1CCC(COCc2ccccc2)C1.I. The van der Waals surface area contributed by atoms with Crippen molar-refractivity contribution >= 4 is 35.6 Å². The first kappa shape index (κ1) is 23.5. The molecule has 2 aromatic heterocycles. The maximum atomic E-state index is 5.95. The molecule has 0 amide bonds. The minimum absolute atomic E-state index is 0. The number of nitrogens with one attached hydrogen (secondary N) is 1.